The fraction of sp³-hybridized carbons (Fsp3) is 1.00. The van der Waals surface area contributed by atoms with Crippen molar-refractivity contribution in [2.45, 2.75) is 12.8 Å². The van der Waals surface area contributed by atoms with Crippen LogP contribution in [0.25, 0.3) is 0 Å². The van der Waals surface area contributed by atoms with Crippen LogP contribution < -0.4 is 60.2 Å². The van der Waals surface area contributed by atoms with Crippen LogP contribution in [0.5, 0.6) is 0 Å². The van der Waals surface area contributed by atoms with E-state index in [2.05, 4.69) is 0 Å². The Labute approximate surface area is 142 Å². The smallest absolute Gasteiger partial charge is 0.412 e. The van der Waals surface area contributed by atoms with E-state index in [4.69, 9.17) is 60.2 Å². The molecule has 0 atom stereocenters. The van der Waals surface area contributed by atoms with Gasteiger partial charge in [-0.2, -0.15) is 0 Å². The van der Waals surface area contributed by atoms with E-state index in [9.17, 15) is 0 Å². The van der Waals surface area contributed by atoms with E-state index in [1.165, 1.54) is 0 Å². The summed E-state index contributed by atoms with van der Waals surface area (Å²) in [4.78, 5) is 0. The molecule has 0 amide bonds. The zero-order chi connectivity index (χ0) is 17.2. The van der Waals surface area contributed by atoms with E-state index in [1.807, 2.05) is 0 Å². The maximum atomic E-state index is 8.49. The van der Waals surface area contributed by atoms with Gasteiger partial charge in [0.1, 0.15) is 0 Å². The molecule has 13 nitrogen and oxygen atoms in total. The first-order valence-corrected chi connectivity index (χ1v) is 7.34. The third-order valence-corrected chi connectivity index (χ3v) is 0.816. The van der Waals surface area contributed by atoms with Gasteiger partial charge in [0, 0.05) is 0 Å². The average molecular weight is 429 g/mol. The number of hydrogen-bond donors (Lipinski definition) is 4. The Morgan fingerprint density at radius 1 is 0.500 bits per heavy atom. The van der Waals surface area contributed by atoms with Gasteiger partial charge in [-0.1, -0.05) is 0 Å². The van der Waals surface area contributed by atoms with Gasteiger partial charge in [-0.25, -0.2) is 37.3 Å². The van der Waals surface area contributed by atoms with Crippen molar-refractivity contribution in [3.8, 4) is 0 Å². The summed E-state index contributed by atoms with van der Waals surface area (Å²) >= 11 is 0. The van der Waals surface area contributed by atoms with Gasteiger partial charge < -0.3 is 28.4 Å². The molecule has 0 aromatic heterocycles. The first-order valence-electron chi connectivity index (χ1n) is 4.87. The quantitative estimate of drug-likeness (QED) is 0.303. The fourth-order valence-corrected chi connectivity index (χ4v) is 0.236. The molecule has 0 spiro atoms. The van der Waals surface area contributed by atoms with E-state index in [1.54, 1.807) is 0 Å². The molecule has 0 heterocycles. The number of rotatable bonds is 4. The SMILES string of the molecule is NCCCN.NCCCN.O.[Cu+2].[O-][Cl+3]([O-])([O-])[O-].[O-][Cl+3]([O-])([O-])[O-]. The van der Waals surface area contributed by atoms with Crippen LogP contribution in [-0.4, -0.2) is 31.7 Å². The first-order chi connectivity index (χ1) is 8.83. The van der Waals surface area contributed by atoms with Gasteiger partial charge >= 0.3 is 17.1 Å². The summed E-state index contributed by atoms with van der Waals surface area (Å²) in [5.41, 5.74) is 20.2. The molecule has 0 saturated carbocycles. The molecule has 0 bridgehead atoms. The van der Waals surface area contributed by atoms with Gasteiger partial charge in [0.15, 0.2) is 0 Å². The minimum absolute atomic E-state index is 0. The van der Waals surface area contributed by atoms with Crippen molar-refractivity contribution in [2.75, 3.05) is 26.2 Å². The number of hydrogen-bond acceptors (Lipinski definition) is 12. The van der Waals surface area contributed by atoms with E-state index in [0.717, 1.165) is 39.0 Å². The van der Waals surface area contributed by atoms with Gasteiger partial charge in [0.2, 0.25) is 0 Å². The molecule has 22 heavy (non-hydrogen) atoms. The normalized spacial score (nSPS) is 9.27. The van der Waals surface area contributed by atoms with Crippen LogP contribution >= 0.6 is 0 Å². The molecule has 0 aliphatic rings. The standard InChI is InChI=1S/2C3H10N2.2ClHO4.Cu.H2O/c2*4-2-1-3-5;2*2-1(3,4)5;;/h2*1-5H2;2*(H,2,3,4,5);;1H2/q;;;;+2;/p-2. The van der Waals surface area contributed by atoms with Gasteiger partial charge in [0.05, 0.1) is 0 Å². The summed E-state index contributed by atoms with van der Waals surface area (Å²) in [7, 11) is -9.89. The average Bonchev–Trinajstić information content (AvgIpc) is 2.15. The molecule has 0 aliphatic carbocycles. The molecule has 16 heteroatoms. The molecular weight excluding hydrogens is 407 g/mol. The van der Waals surface area contributed by atoms with Gasteiger partial charge in [-0.05, 0) is 39.0 Å². The second-order valence-corrected chi connectivity index (χ2v) is 4.13. The zero-order valence-electron chi connectivity index (χ0n) is 11.4. The van der Waals surface area contributed by atoms with Crippen LogP contribution in [0.4, 0.5) is 0 Å². The number of nitrogens with two attached hydrogens (primary N) is 4. The molecule has 0 fully saturated rings. The maximum Gasteiger partial charge on any atom is 2.00 e. The Hall–Kier alpha value is 0.579. The third-order valence-electron chi connectivity index (χ3n) is 0.816. The van der Waals surface area contributed by atoms with E-state index in [0.29, 0.717) is 0 Å². The van der Waals surface area contributed by atoms with E-state index in [-0.39, 0.29) is 22.5 Å². The number of halogens is 2. The van der Waals surface area contributed by atoms with Gasteiger partial charge in [0.25, 0.3) is 0 Å². The Balaban J connectivity index is -0.0000000376. The third kappa shape index (κ3) is 376. The zero-order valence-corrected chi connectivity index (χ0v) is 13.8. The molecule has 0 rings (SSSR count). The molecular formula is C6H22Cl2CuN4O9. The van der Waals surface area contributed by atoms with Crippen molar-refractivity contribution < 1.29 is 80.3 Å². The van der Waals surface area contributed by atoms with Crippen LogP contribution in [-0.2, 0) is 17.1 Å². The predicted octanol–water partition coefficient (Wildman–Crippen LogP) is -11.8. The van der Waals surface area contributed by atoms with Crippen molar-refractivity contribution in [3.63, 3.8) is 0 Å². The Morgan fingerprint density at radius 3 is 0.591 bits per heavy atom. The largest absolute Gasteiger partial charge is 2.00 e. The summed E-state index contributed by atoms with van der Waals surface area (Å²) in [5.74, 6) is 0. The predicted molar refractivity (Wildman–Crippen MR) is 49.1 cm³/mol. The van der Waals surface area contributed by atoms with Crippen LogP contribution in [0.3, 0.4) is 0 Å². The molecule has 0 aromatic carbocycles. The van der Waals surface area contributed by atoms with Crippen molar-refractivity contribution in [3.05, 3.63) is 0 Å². The Kier molecular flexibility index (Phi) is 46.0. The fourth-order valence-electron chi connectivity index (χ4n) is 0.236. The summed E-state index contributed by atoms with van der Waals surface area (Å²) < 4.78 is 67.9. The van der Waals surface area contributed by atoms with Crippen molar-refractivity contribution in [2.24, 2.45) is 22.9 Å². The molecule has 0 saturated heterocycles. The van der Waals surface area contributed by atoms with Crippen LogP contribution in [0.15, 0.2) is 0 Å². The van der Waals surface area contributed by atoms with Gasteiger partial charge in [-0.15, -0.1) is 20.5 Å². The van der Waals surface area contributed by atoms with Crippen LogP contribution in [0.2, 0.25) is 0 Å². The maximum absolute atomic E-state index is 8.49. The van der Waals surface area contributed by atoms with E-state index < -0.39 is 20.5 Å². The summed E-state index contributed by atoms with van der Waals surface area (Å²) in [6.45, 7) is 2.88. The van der Waals surface area contributed by atoms with Crippen molar-refractivity contribution in [1.82, 2.24) is 0 Å². The topological polar surface area (TPSA) is 320 Å². The first kappa shape index (κ1) is 38.3. The summed E-state index contributed by atoms with van der Waals surface area (Å²) in [5, 5.41) is 0. The van der Waals surface area contributed by atoms with Crippen LogP contribution in [0, 0.1) is 20.5 Å². The molecule has 1 radical (unpaired) electrons. The molecule has 0 aromatic rings. The Morgan fingerprint density at radius 2 is 0.591 bits per heavy atom. The van der Waals surface area contributed by atoms with E-state index >= 15 is 0 Å². The second-order valence-electron chi connectivity index (χ2n) is 2.62. The second kappa shape index (κ2) is 26.5. The van der Waals surface area contributed by atoms with Crippen molar-refractivity contribution in [1.29, 1.82) is 0 Å². The van der Waals surface area contributed by atoms with Crippen LogP contribution in [0.1, 0.15) is 12.8 Å². The Bertz CT molecular complexity index is 141. The van der Waals surface area contributed by atoms with Crippen molar-refractivity contribution >= 4 is 0 Å². The summed E-state index contributed by atoms with van der Waals surface area (Å²) in [6, 6.07) is 0. The van der Waals surface area contributed by atoms with Gasteiger partial charge in [-0.3, -0.25) is 0 Å². The summed E-state index contributed by atoms with van der Waals surface area (Å²) in [6.07, 6.45) is 1.89. The molecule has 10 N–H and O–H groups in total. The minimum Gasteiger partial charge on any atom is -0.412 e. The monoisotopic (exact) mass is 427 g/mol. The molecule has 145 valence electrons. The minimum atomic E-state index is -4.94. The molecule has 0 aliphatic heterocycles. The molecule has 0 unspecified atom stereocenters.